The summed E-state index contributed by atoms with van der Waals surface area (Å²) < 4.78 is 38.6. The van der Waals surface area contributed by atoms with Crippen LogP contribution in [0.5, 0.6) is 5.88 Å². The molecule has 0 atom stereocenters. The zero-order valence-corrected chi connectivity index (χ0v) is 15.6. The zero-order chi connectivity index (χ0) is 18.0. The summed E-state index contributed by atoms with van der Waals surface area (Å²) in [5.41, 5.74) is 0.371. The van der Waals surface area contributed by atoms with Crippen LogP contribution in [0.2, 0.25) is 5.02 Å². The van der Waals surface area contributed by atoms with Crippen molar-refractivity contribution in [3.8, 4) is 5.88 Å². The number of ether oxygens (including phenoxy) is 1. The van der Waals surface area contributed by atoms with E-state index in [0.29, 0.717) is 35.2 Å². The summed E-state index contributed by atoms with van der Waals surface area (Å²) in [4.78, 5) is 4.26. The monoisotopic (exact) mass is 385 g/mol. The smallest absolute Gasteiger partial charge is 0.246 e. The molecule has 3 rings (SSSR count). The average Bonchev–Trinajstić information content (AvgIpc) is 2.91. The summed E-state index contributed by atoms with van der Waals surface area (Å²) in [6.45, 7) is 3.22. The molecule has 0 radical (unpaired) electrons. The summed E-state index contributed by atoms with van der Waals surface area (Å²) in [6.07, 6.45) is 4.45. The second kappa shape index (κ2) is 7.31. The third-order valence-corrected chi connectivity index (χ3v) is 6.21. The Balaban J connectivity index is 1.56. The molecule has 0 spiro atoms. The van der Waals surface area contributed by atoms with Crippen molar-refractivity contribution in [3.05, 3.63) is 34.8 Å². The molecule has 25 heavy (non-hydrogen) atoms. The molecule has 1 fully saturated rings. The Morgan fingerprint density at radius 1 is 1.24 bits per heavy atom. The second-order valence-corrected chi connectivity index (χ2v) is 8.27. The molecule has 1 N–H and O–H groups in total. The van der Waals surface area contributed by atoms with Gasteiger partial charge < -0.3 is 9.26 Å². The fraction of sp³-hybridized carbons (Fsp3) is 0.500. The van der Waals surface area contributed by atoms with Crippen molar-refractivity contribution in [2.75, 3.05) is 0 Å². The SMILES string of the molecule is Cc1noc(C)c1S(=O)(=O)NC1CCC(Oc2ccc(Cl)cn2)CC1. The molecular weight excluding hydrogens is 366 g/mol. The van der Waals surface area contributed by atoms with Gasteiger partial charge in [0.25, 0.3) is 0 Å². The molecule has 1 saturated carbocycles. The van der Waals surface area contributed by atoms with Crippen LogP contribution < -0.4 is 9.46 Å². The predicted octanol–water partition coefficient (Wildman–Crippen LogP) is 3.01. The van der Waals surface area contributed by atoms with Gasteiger partial charge in [0.1, 0.15) is 16.7 Å². The van der Waals surface area contributed by atoms with E-state index in [1.165, 1.54) is 0 Å². The highest BCUT2D eigenvalue weighted by Gasteiger charge is 2.30. The molecule has 1 aliphatic rings. The molecular formula is C16H20ClN3O4S. The third kappa shape index (κ3) is 4.31. The standard InChI is InChI=1S/C16H20ClN3O4S/c1-10-16(11(2)24-19-10)25(21,22)20-13-4-6-14(7-5-13)23-15-8-3-12(17)9-18-15/h3,8-9,13-14,20H,4-7H2,1-2H3. The number of halogens is 1. The highest BCUT2D eigenvalue weighted by Crippen LogP contribution is 2.26. The van der Waals surface area contributed by atoms with E-state index < -0.39 is 10.0 Å². The van der Waals surface area contributed by atoms with Crippen molar-refractivity contribution in [3.63, 3.8) is 0 Å². The van der Waals surface area contributed by atoms with Crippen LogP contribution in [-0.2, 0) is 10.0 Å². The van der Waals surface area contributed by atoms with E-state index in [9.17, 15) is 8.42 Å². The first-order valence-corrected chi connectivity index (χ1v) is 9.94. The van der Waals surface area contributed by atoms with Crippen LogP contribution in [0.25, 0.3) is 0 Å². The van der Waals surface area contributed by atoms with Gasteiger partial charge in [-0.2, -0.15) is 0 Å². The van der Waals surface area contributed by atoms with Crippen molar-refractivity contribution in [1.82, 2.24) is 14.9 Å². The average molecular weight is 386 g/mol. The lowest BCUT2D eigenvalue weighted by molar-refractivity contribution is 0.138. The summed E-state index contributed by atoms with van der Waals surface area (Å²) in [6, 6.07) is 3.33. The number of nitrogens with one attached hydrogen (secondary N) is 1. The van der Waals surface area contributed by atoms with Crippen LogP contribution in [-0.4, -0.2) is 30.7 Å². The predicted molar refractivity (Wildman–Crippen MR) is 92.2 cm³/mol. The number of rotatable bonds is 5. The van der Waals surface area contributed by atoms with Crippen LogP contribution in [0.3, 0.4) is 0 Å². The maximum atomic E-state index is 12.5. The second-order valence-electron chi connectivity index (χ2n) is 6.18. The van der Waals surface area contributed by atoms with Gasteiger partial charge in [-0.1, -0.05) is 16.8 Å². The third-order valence-electron chi connectivity index (χ3n) is 4.22. The minimum absolute atomic E-state index is 0.0218. The molecule has 7 nitrogen and oxygen atoms in total. The summed E-state index contributed by atoms with van der Waals surface area (Å²) in [5, 5.41) is 4.27. The van der Waals surface area contributed by atoms with E-state index in [1.54, 1.807) is 32.2 Å². The topological polar surface area (TPSA) is 94.3 Å². The van der Waals surface area contributed by atoms with Gasteiger partial charge in [0, 0.05) is 18.3 Å². The molecule has 1 aliphatic carbocycles. The van der Waals surface area contributed by atoms with Crippen molar-refractivity contribution < 1.29 is 17.7 Å². The van der Waals surface area contributed by atoms with Crippen molar-refractivity contribution in [2.45, 2.75) is 56.6 Å². The lowest BCUT2D eigenvalue weighted by Gasteiger charge is -2.29. The van der Waals surface area contributed by atoms with Crippen LogP contribution >= 0.6 is 11.6 Å². The molecule has 2 aromatic heterocycles. The van der Waals surface area contributed by atoms with Gasteiger partial charge in [0.2, 0.25) is 15.9 Å². The fourth-order valence-corrected chi connectivity index (χ4v) is 4.78. The first-order valence-electron chi connectivity index (χ1n) is 8.08. The van der Waals surface area contributed by atoms with Crippen LogP contribution in [0.15, 0.2) is 27.7 Å². The molecule has 9 heteroatoms. The van der Waals surface area contributed by atoms with Gasteiger partial charge in [-0.3, -0.25) is 0 Å². The Hall–Kier alpha value is -1.64. The molecule has 136 valence electrons. The summed E-state index contributed by atoms with van der Waals surface area (Å²) in [5.74, 6) is 0.833. The van der Waals surface area contributed by atoms with Crippen LogP contribution in [0.1, 0.15) is 37.1 Å². The Morgan fingerprint density at radius 3 is 2.52 bits per heavy atom. The number of pyridine rings is 1. The molecule has 0 aromatic carbocycles. The lowest BCUT2D eigenvalue weighted by Crippen LogP contribution is -2.40. The minimum atomic E-state index is -3.63. The van der Waals surface area contributed by atoms with E-state index in [1.807, 2.05) is 0 Å². The maximum absolute atomic E-state index is 12.5. The Bertz CT molecular complexity index is 808. The molecule has 0 unspecified atom stereocenters. The Morgan fingerprint density at radius 2 is 1.96 bits per heavy atom. The fourth-order valence-electron chi connectivity index (χ4n) is 3.04. The van der Waals surface area contributed by atoms with Crippen LogP contribution in [0.4, 0.5) is 0 Å². The van der Waals surface area contributed by atoms with Crippen molar-refractivity contribution in [1.29, 1.82) is 0 Å². The van der Waals surface area contributed by atoms with E-state index in [4.69, 9.17) is 20.9 Å². The van der Waals surface area contributed by atoms with Gasteiger partial charge in [0.05, 0.1) is 5.02 Å². The van der Waals surface area contributed by atoms with E-state index in [2.05, 4.69) is 14.9 Å². The normalized spacial score (nSPS) is 21.2. The zero-order valence-electron chi connectivity index (χ0n) is 14.0. The van der Waals surface area contributed by atoms with Crippen molar-refractivity contribution in [2.24, 2.45) is 0 Å². The lowest BCUT2D eigenvalue weighted by atomic mass is 9.94. The quantitative estimate of drug-likeness (QED) is 0.850. The molecule has 0 aliphatic heterocycles. The number of sulfonamides is 1. The van der Waals surface area contributed by atoms with E-state index >= 15 is 0 Å². The Labute approximate surface area is 151 Å². The number of hydrogen-bond donors (Lipinski definition) is 1. The molecule has 0 amide bonds. The first kappa shape index (κ1) is 18.2. The number of aryl methyl sites for hydroxylation is 2. The minimum Gasteiger partial charge on any atom is -0.474 e. The van der Waals surface area contributed by atoms with Gasteiger partial charge in [-0.05, 0) is 45.6 Å². The van der Waals surface area contributed by atoms with E-state index in [-0.39, 0.29) is 17.0 Å². The molecule has 0 bridgehead atoms. The molecule has 2 heterocycles. The number of aromatic nitrogens is 2. The van der Waals surface area contributed by atoms with Gasteiger partial charge in [-0.15, -0.1) is 0 Å². The molecule has 0 saturated heterocycles. The maximum Gasteiger partial charge on any atom is 0.246 e. The first-order chi connectivity index (χ1) is 11.8. The number of nitrogens with zero attached hydrogens (tertiary/aromatic N) is 2. The highest BCUT2D eigenvalue weighted by molar-refractivity contribution is 7.89. The van der Waals surface area contributed by atoms with Crippen LogP contribution in [0, 0.1) is 13.8 Å². The van der Waals surface area contributed by atoms with Crippen molar-refractivity contribution >= 4 is 21.6 Å². The van der Waals surface area contributed by atoms with Gasteiger partial charge in [0.15, 0.2) is 5.76 Å². The summed E-state index contributed by atoms with van der Waals surface area (Å²) >= 11 is 5.81. The highest BCUT2D eigenvalue weighted by atomic mass is 35.5. The van der Waals surface area contributed by atoms with E-state index in [0.717, 1.165) is 12.8 Å². The van der Waals surface area contributed by atoms with Gasteiger partial charge >= 0.3 is 0 Å². The largest absolute Gasteiger partial charge is 0.474 e. The van der Waals surface area contributed by atoms with Gasteiger partial charge in [-0.25, -0.2) is 18.1 Å². The molecule has 2 aromatic rings. The Kier molecular flexibility index (Phi) is 5.31. The number of hydrogen-bond acceptors (Lipinski definition) is 6. The summed E-state index contributed by atoms with van der Waals surface area (Å²) in [7, 11) is -3.63.